The molecule has 0 bridgehead atoms. The monoisotopic (exact) mass is 496 g/mol. The molecule has 2 aliphatic rings. The van der Waals surface area contributed by atoms with Crippen molar-refractivity contribution in [3.8, 4) is 0 Å². The highest BCUT2D eigenvalue weighted by molar-refractivity contribution is 14.0. The maximum atomic E-state index is 12.0. The van der Waals surface area contributed by atoms with Crippen LogP contribution in [-0.2, 0) is 14.3 Å². The Bertz CT molecular complexity index is 456. The molecule has 0 aliphatic carbocycles. The van der Waals surface area contributed by atoms with Crippen LogP contribution in [0.3, 0.4) is 0 Å². The first-order chi connectivity index (χ1) is 12.7. The van der Waals surface area contributed by atoms with Gasteiger partial charge in [-0.1, -0.05) is 0 Å². The normalized spacial score (nSPS) is 22.3. The lowest BCUT2D eigenvalue weighted by atomic mass is 9.96. The van der Waals surface area contributed by atoms with Crippen LogP contribution in [0.1, 0.15) is 32.6 Å². The first-order valence-electron chi connectivity index (χ1n) is 10.0. The van der Waals surface area contributed by atoms with Crippen molar-refractivity contribution in [3.05, 3.63) is 0 Å². The highest BCUT2D eigenvalue weighted by Gasteiger charge is 2.28. The second-order valence-corrected chi connectivity index (χ2v) is 7.24. The van der Waals surface area contributed by atoms with E-state index in [1.54, 1.807) is 7.11 Å². The van der Waals surface area contributed by atoms with Crippen molar-refractivity contribution < 1.29 is 14.3 Å². The highest BCUT2D eigenvalue weighted by atomic mass is 127. The van der Waals surface area contributed by atoms with E-state index in [9.17, 15) is 4.79 Å². The molecule has 27 heavy (non-hydrogen) atoms. The van der Waals surface area contributed by atoms with Crippen molar-refractivity contribution in [1.29, 1.82) is 0 Å². The summed E-state index contributed by atoms with van der Waals surface area (Å²) in [5, 5.41) is 3.54. The molecular weight excluding hydrogens is 459 g/mol. The van der Waals surface area contributed by atoms with Gasteiger partial charge in [-0.2, -0.15) is 0 Å². The van der Waals surface area contributed by atoms with Gasteiger partial charge in [0.1, 0.15) is 0 Å². The van der Waals surface area contributed by atoms with Gasteiger partial charge >= 0.3 is 5.97 Å². The van der Waals surface area contributed by atoms with Crippen molar-refractivity contribution in [1.82, 2.24) is 15.1 Å². The molecule has 0 spiro atoms. The number of nitrogens with zero attached hydrogens (tertiary/aromatic N) is 3. The molecule has 158 valence electrons. The van der Waals surface area contributed by atoms with Crippen LogP contribution in [-0.4, -0.2) is 88.4 Å². The van der Waals surface area contributed by atoms with Crippen molar-refractivity contribution in [3.63, 3.8) is 0 Å². The van der Waals surface area contributed by atoms with E-state index in [4.69, 9.17) is 9.47 Å². The standard InChI is InChI=1S/C19H36N4O3.HI/c1-4-26-18(24)17-6-5-9-23(15-17)19(20-2)21-14-16-7-10-22(11-8-16)12-13-25-3;/h16-17H,4-15H2,1-3H3,(H,20,21);1H. The van der Waals surface area contributed by atoms with Crippen LogP contribution in [0.15, 0.2) is 4.99 Å². The lowest BCUT2D eigenvalue weighted by Crippen LogP contribution is -2.49. The van der Waals surface area contributed by atoms with Gasteiger partial charge in [0.05, 0.1) is 19.1 Å². The Morgan fingerprint density at radius 2 is 1.96 bits per heavy atom. The van der Waals surface area contributed by atoms with Gasteiger partial charge in [0.15, 0.2) is 5.96 Å². The lowest BCUT2D eigenvalue weighted by molar-refractivity contribution is -0.149. The van der Waals surface area contributed by atoms with Gasteiger partial charge in [0.25, 0.3) is 0 Å². The number of halogens is 1. The lowest BCUT2D eigenvalue weighted by Gasteiger charge is -2.35. The molecule has 8 heteroatoms. The average molecular weight is 496 g/mol. The summed E-state index contributed by atoms with van der Waals surface area (Å²) in [5.74, 6) is 1.49. The van der Waals surface area contributed by atoms with Crippen LogP contribution >= 0.6 is 24.0 Å². The Morgan fingerprint density at radius 1 is 1.22 bits per heavy atom. The Labute approximate surface area is 181 Å². The third-order valence-electron chi connectivity index (χ3n) is 5.42. The topological polar surface area (TPSA) is 66.4 Å². The molecule has 1 unspecified atom stereocenters. The van der Waals surface area contributed by atoms with Crippen LogP contribution < -0.4 is 5.32 Å². The zero-order chi connectivity index (χ0) is 18.8. The van der Waals surface area contributed by atoms with E-state index < -0.39 is 0 Å². The predicted molar refractivity (Wildman–Crippen MR) is 119 cm³/mol. The highest BCUT2D eigenvalue weighted by Crippen LogP contribution is 2.19. The first kappa shape index (κ1) is 24.4. The predicted octanol–water partition coefficient (Wildman–Crippen LogP) is 1.81. The minimum atomic E-state index is -0.0731. The van der Waals surface area contributed by atoms with Crippen molar-refractivity contribution >= 4 is 35.9 Å². The molecule has 2 heterocycles. The van der Waals surface area contributed by atoms with Crippen molar-refractivity contribution in [2.24, 2.45) is 16.8 Å². The molecule has 1 N–H and O–H groups in total. The smallest absolute Gasteiger partial charge is 0.310 e. The summed E-state index contributed by atoms with van der Waals surface area (Å²) in [7, 11) is 3.58. The fourth-order valence-corrected chi connectivity index (χ4v) is 3.82. The number of hydrogen-bond acceptors (Lipinski definition) is 5. The van der Waals surface area contributed by atoms with E-state index >= 15 is 0 Å². The summed E-state index contributed by atoms with van der Waals surface area (Å²) in [4.78, 5) is 21.2. The summed E-state index contributed by atoms with van der Waals surface area (Å²) in [6, 6.07) is 0. The molecule has 0 aromatic heterocycles. The van der Waals surface area contributed by atoms with Crippen molar-refractivity contribution in [2.45, 2.75) is 32.6 Å². The number of likely N-dealkylation sites (tertiary alicyclic amines) is 2. The molecule has 2 saturated heterocycles. The molecule has 0 aromatic rings. The number of hydrogen-bond donors (Lipinski definition) is 1. The summed E-state index contributed by atoms with van der Waals surface area (Å²) in [5.41, 5.74) is 0. The first-order valence-corrected chi connectivity index (χ1v) is 10.0. The van der Waals surface area contributed by atoms with Gasteiger partial charge < -0.3 is 24.6 Å². The number of carbonyl (C=O) groups excluding carboxylic acids is 1. The molecule has 0 aromatic carbocycles. The maximum absolute atomic E-state index is 12.0. The molecule has 7 nitrogen and oxygen atoms in total. The number of nitrogens with one attached hydrogen (secondary N) is 1. The molecule has 1 atom stereocenters. The molecule has 0 amide bonds. The van der Waals surface area contributed by atoms with E-state index in [1.165, 1.54) is 12.8 Å². The minimum Gasteiger partial charge on any atom is -0.466 e. The summed E-state index contributed by atoms with van der Waals surface area (Å²) >= 11 is 0. The number of piperidine rings is 2. The number of guanidine groups is 1. The van der Waals surface area contributed by atoms with Gasteiger partial charge in [0, 0.05) is 40.3 Å². The minimum absolute atomic E-state index is 0. The van der Waals surface area contributed by atoms with E-state index in [0.29, 0.717) is 19.1 Å². The second-order valence-electron chi connectivity index (χ2n) is 7.24. The second kappa shape index (κ2) is 13.5. The van der Waals surface area contributed by atoms with Gasteiger partial charge in [-0.25, -0.2) is 0 Å². The summed E-state index contributed by atoms with van der Waals surface area (Å²) in [6.07, 6.45) is 4.33. The van der Waals surface area contributed by atoms with Crippen molar-refractivity contribution in [2.75, 3.05) is 66.6 Å². The zero-order valence-corrected chi connectivity index (χ0v) is 19.4. The van der Waals surface area contributed by atoms with Crippen LogP contribution in [0.5, 0.6) is 0 Å². The fourth-order valence-electron chi connectivity index (χ4n) is 3.82. The Kier molecular flexibility index (Phi) is 12.3. The van der Waals surface area contributed by atoms with E-state index in [-0.39, 0.29) is 35.9 Å². The Balaban J connectivity index is 0.00000364. The molecule has 0 radical (unpaired) electrons. The summed E-state index contributed by atoms with van der Waals surface area (Å²) < 4.78 is 10.4. The zero-order valence-electron chi connectivity index (χ0n) is 17.1. The molecule has 0 saturated carbocycles. The number of esters is 1. The largest absolute Gasteiger partial charge is 0.466 e. The van der Waals surface area contributed by atoms with Gasteiger partial charge in [-0.15, -0.1) is 24.0 Å². The number of methoxy groups -OCH3 is 1. The number of rotatable bonds is 7. The van der Waals surface area contributed by atoms with Crippen LogP contribution in [0, 0.1) is 11.8 Å². The SMILES string of the molecule is CCOC(=O)C1CCCN(C(=NC)NCC2CCN(CCOC)CC2)C1.I. The van der Waals surface area contributed by atoms with Crippen LogP contribution in [0.2, 0.25) is 0 Å². The molecule has 2 fully saturated rings. The molecule has 2 aliphatic heterocycles. The maximum Gasteiger partial charge on any atom is 0.310 e. The number of carbonyl (C=O) groups is 1. The van der Waals surface area contributed by atoms with Gasteiger partial charge in [-0.05, 0) is 51.6 Å². The Hall–Kier alpha value is -0.610. The van der Waals surface area contributed by atoms with E-state index in [2.05, 4.69) is 20.1 Å². The fraction of sp³-hybridized carbons (Fsp3) is 0.895. The van der Waals surface area contributed by atoms with Crippen LogP contribution in [0.4, 0.5) is 0 Å². The van der Waals surface area contributed by atoms with Gasteiger partial charge in [-0.3, -0.25) is 9.79 Å². The number of ether oxygens (including phenoxy) is 2. The van der Waals surface area contributed by atoms with Gasteiger partial charge in [0.2, 0.25) is 0 Å². The molecule has 2 rings (SSSR count). The molecular formula is C19H37IN4O3. The quantitative estimate of drug-likeness (QED) is 0.251. The third kappa shape index (κ3) is 8.11. The average Bonchev–Trinajstić information content (AvgIpc) is 2.68. The summed E-state index contributed by atoms with van der Waals surface area (Å²) in [6.45, 7) is 9.04. The van der Waals surface area contributed by atoms with Crippen LogP contribution in [0.25, 0.3) is 0 Å². The number of aliphatic imine (C=N–C) groups is 1. The van der Waals surface area contributed by atoms with E-state index in [0.717, 1.165) is 58.1 Å². The Morgan fingerprint density at radius 3 is 2.59 bits per heavy atom. The third-order valence-corrected chi connectivity index (χ3v) is 5.42. The van der Waals surface area contributed by atoms with E-state index in [1.807, 2.05) is 14.0 Å².